The Morgan fingerprint density at radius 2 is 1.67 bits per heavy atom. The second-order valence-electron chi connectivity index (χ2n) is 19.6. The molecule has 4 fully saturated rings. The van der Waals surface area contributed by atoms with E-state index in [0.717, 1.165) is 13.0 Å². The molecule has 366 valence electrons. The van der Waals surface area contributed by atoms with Crippen molar-refractivity contribution < 1.29 is 67.8 Å². The first-order valence-corrected chi connectivity index (χ1v) is 24.2. The Balaban J connectivity index is 1.39. The maximum atomic E-state index is 16.0. The molecule has 3 heterocycles. The van der Waals surface area contributed by atoms with Gasteiger partial charge in [0.05, 0.1) is 40.5 Å². The Labute approximate surface area is 395 Å². The lowest BCUT2D eigenvalue weighted by Crippen LogP contribution is -2.82. The van der Waals surface area contributed by atoms with Crippen LogP contribution in [0.5, 0.6) is 0 Å². The van der Waals surface area contributed by atoms with E-state index in [4.69, 9.17) is 23.7 Å². The number of hydrogen-bond acceptors (Lipinski definition) is 16. The predicted molar refractivity (Wildman–Crippen MR) is 243 cm³/mol. The van der Waals surface area contributed by atoms with Gasteiger partial charge in [0, 0.05) is 51.4 Å². The standard InChI is InChI=1S/C49H65N3O14S/c1-9-18-51-19-21-52(22-20-51)45(60)64-38-35-28(4)31(63-44(59)37(55)36(27(3)10-2)50-42(57)32-17-14-23-67-32)25-49(61,46(35,6)7)41(65-43(58)30-15-12-11-13-16-30)39-47(8,40(38)56)33(54)24-34-48(39,26-62-34)66-29(5)53/h11-17,23,27,31,33-34,36-39,41,54-55,61H,9-10,18-22,24-26H2,1-8H3,(H,50,57)/t27?,31-,33-,34+,36+,37+,38+,39?,41-,47+,48-,49+/m0/s1. The van der Waals surface area contributed by atoms with Crippen molar-refractivity contribution in [3.8, 4) is 0 Å². The zero-order valence-electron chi connectivity index (χ0n) is 39.5. The summed E-state index contributed by atoms with van der Waals surface area (Å²) in [5, 5.41) is 42.5. The molecule has 67 heavy (non-hydrogen) atoms. The average molecular weight is 952 g/mol. The normalized spacial score (nSPS) is 32.7. The molecule has 2 unspecified atom stereocenters. The quantitative estimate of drug-likeness (QED) is 0.126. The number of Topliss-reactive ketones (excluding diaryl/α,β-unsaturated/α-hetero) is 1. The number of rotatable bonds is 13. The molecule has 3 aliphatic carbocycles. The number of aliphatic hydroxyl groups excluding tert-OH is 2. The summed E-state index contributed by atoms with van der Waals surface area (Å²) in [6, 6.07) is 10.1. The van der Waals surface area contributed by atoms with Crippen LogP contribution in [0.4, 0.5) is 4.79 Å². The fraction of sp³-hybridized carbons (Fsp3) is 0.633. The lowest BCUT2D eigenvalue weighted by atomic mass is 9.44. The number of nitrogens with zero attached hydrogens (tertiary/aromatic N) is 2. The summed E-state index contributed by atoms with van der Waals surface area (Å²) >= 11 is 1.19. The molecule has 2 amide bonds. The van der Waals surface area contributed by atoms with Crippen molar-refractivity contribution in [2.45, 2.75) is 135 Å². The van der Waals surface area contributed by atoms with Crippen LogP contribution in [0.1, 0.15) is 101 Å². The van der Waals surface area contributed by atoms with Gasteiger partial charge in [-0.15, -0.1) is 11.3 Å². The number of carbonyl (C=O) groups excluding carboxylic acids is 6. The summed E-state index contributed by atoms with van der Waals surface area (Å²) in [6.07, 6.45) is -9.83. The van der Waals surface area contributed by atoms with Crippen LogP contribution in [0, 0.1) is 22.7 Å². The number of ether oxygens (including phenoxy) is 5. The molecule has 2 bridgehead atoms. The van der Waals surface area contributed by atoms with E-state index in [-0.39, 0.29) is 42.8 Å². The van der Waals surface area contributed by atoms with Gasteiger partial charge in [0.2, 0.25) is 0 Å². The second-order valence-corrected chi connectivity index (χ2v) is 20.5. The minimum absolute atomic E-state index is 0.0298. The Morgan fingerprint density at radius 3 is 2.25 bits per heavy atom. The number of ketones is 1. The van der Waals surface area contributed by atoms with Gasteiger partial charge >= 0.3 is 24.0 Å². The van der Waals surface area contributed by atoms with Crippen molar-refractivity contribution in [1.82, 2.24) is 15.1 Å². The van der Waals surface area contributed by atoms with E-state index in [9.17, 15) is 39.3 Å². The minimum Gasteiger partial charge on any atom is -0.456 e. The fourth-order valence-corrected chi connectivity index (χ4v) is 11.9. The molecule has 18 heteroatoms. The van der Waals surface area contributed by atoms with Crippen molar-refractivity contribution in [3.63, 3.8) is 0 Å². The average Bonchev–Trinajstić information content (AvgIpc) is 3.85. The number of nitrogens with one attached hydrogen (secondary N) is 1. The monoisotopic (exact) mass is 951 g/mol. The van der Waals surface area contributed by atoms with Gasteiger partial charge in [-0.3, -0.25) is 19.3 Å². The lowest BCUT2D eigenvalue weighted by molar-refractivity contribution is -0.345. The number of fused-ring (bicyclic) bond motifs is 5. The molecule has 2 aliphatic heterocycles. The van der Waals surface area contributed by atoms with E-state index in [1.165, 1.54) is 42.2 Å². The summed E-state index contributed by atoms with van der Waals surface area (Å²) in [7, 11) is 0. The predicted octanol–water partition coefficient (Wildman–Crippen LogP) is 4.07. The molecule has 2 saturated carbocycles. The first-order valence-electron chi connectivity index (χ1n) is 23.3. The van der Waals surface area contributed by atoms with E-state index in [1.54, 1.807) is 63.4 Å². The summed E-state index contributed by atoms with van der Waals surface area (Å²) < 4.78 is 31.2. The summed E-state index contributed by atoms with van der Waals surface area (Å²) in [4.78, 5) is 89.8. The number of esters is 3. The number of aliphatic hydroxyl groups is 3. The maximum Gasteiger partial charge on any atom is 0.410 e. The Kier molecular flexibility index (Phi) is 14.5. The molecule has 1 aromatic heterocycles. The Bertz CT molecular complexity index is 2230. The smallest absolute Gasteiger partial charge is 0.410 e. The highest BCUT2D eigenvalue weighted by molar-refractivity contribution is 7.12. The first-order chi connectivity index (χ1) is 31.7. The molecule has 1 aromatic carbocycles. The number of carbonyl (C=O) groups is 6. The van der Waals surface area contributed by atoms with Crippen molar-refractivity contribution >= 4 is 47.0 Å². The van der Waals surface area contributed by atoms with Crippen LogP contribution < -0.4 is 5.32 Å². The fourth-order valence-electron chi connectivity index (χ4n) is 11.3. The van der Waals surface area contributed by atoms with Gasteiger partial charge < -0.3 is 49.2 Å². The van der Waals surface area contributed by atoms with E-state index in [0.29, 0.717) is 24.4 Å². The minimum atomic E-state index is -2.39. The number of hydrogen-bond donors (Lipinski definition) is 4. The molecule has 0 radical (unpaired) electrons. The van der Waals surface area contributed by atoms with Gasteiger partial charge in [-0.05, 0) is 67.5 Å². The molecule has 0 spiro atoms. The molecule has 2 saturated heterocycles. The first kappa shape index (κ1) is 50.2. The van der Waals surface area contributed by atoms with E-state index >= 15 is 4.79 Å². The van der Waals surface area contributed by atoms with Crippen molar-refractivity contribution in [2.75, 3.05) is 39.3 Å². The summed E-state index contributed by atoms with van der Waals surface area (Å²) in [6.45, 7) is 15.3. The van der Waals surface area contributed by atoms with E-state index in [1.807, 2.05) is 6.92 Å². The van der Waals surface area contributed by atoms with E-state index in [2.05, 4.69) is 17.1 Å². The van der Waals surface area contributed by atoms with Crippen molar-refractivity contribution in [3.05, 3.63) is 69.4 Å². The number of piperazine rings is 1. The zero-order chi connectivity index (χ0) is 48.8. The van der Waals surface area contributed by atoms with Gasteiger partial charge in [-0.1, -0.05) is 65.3 Å². The van der Waals surface area contributed by atoms with Gasteiger partial charge in [-0.2, -0.15) is 0 Å². The lowest BCUT2D eigenvalue weighted by Gasteiger charge is -2.67. The number of amides is 2. The van der Waals surface area contributed by atoms with Crippen LogP contribution in [0.15, 0.2) is 59.0 Å². The van der Waals surface area contributed by atoms with E-state index < -0.39 is 119 Å². The third-order valence-electron chi connectivity index (χ3n) is 15.4. The van der Waals surface area contributed by atoms with Gasteiger partial charge in [0.15, 0.2) is 23.6 Å². The van der Waals surface area contributed by atoms with Crippen molar-refractivity contribution in [1.29, 1.82) is 0 Å². The van der Waals surface area contributed by atoms with Crippen LogP contribution in [-0.2, 0) is 38.1 Å². The highest BCUT2D eigenvalue weighted by Gasteiger charge is 2.78. The summed E-state index contributed by atoms with van der Waals surface area (Å²) in [5.41, 5.74) is -7.59. The highest BCUT2D eigenvalue weighted by atomic mass is 32.1. The van der Waals surface area contributed by atoms with Gasteiger partial charge in [-0.25, -0.2) is 14.4 Å². The molecule has 4 N–H and O–H groups in total. The van der Waals surface area contributed by atoms with Crippen LogP contribution in [0.2, 0.25) is 0 Å². The zero-order valence-corrected chi connectivity index (χ0v) is 40.3. The van der Waals surface area contributed by atoms with Crippen molar-refractivity contribution in [2.24, 2.45) is 22.7 Å². The van der Waals surface area contributed by atoms with Gasteiger partial charge in [0.25, 0.3) is 5.91 Å². The maximum absolute atomic E-state index is 16.0. The molecular weight excluding hydrogens is 887 g/mol. The molecule has 2 aromatic rings. The number of benzene rings is 1. The largest absolute Gasteiger partial charge is 0.456 e. The Hall–Kier alpha value is -4.72. The third-order valence-corrected chi connectivity index (χ3v) is 16.3. The second kappa shape index (κ2) is 19.3. The number of thiophene rings is 1. The van der Waals surface area contributed by atoms with Crippen LogP contribution in [0.3, 0.4) is 0 Å². The van der Waals surface area contributed by atoms with Crippen LogP contribution in [-0.4, -0.2) is 154 Å². The van der Waals surface area contributed by atoms with Crippen LogP contribution >= 0.6 is 11.3 Å². The molecule has 17 nitrogen and oxygen atoms in total. The Morgan fingerprint density at radius 1 is 0.985 bits per heavy atom. The van der Waals surface area contributed by atoms with Gasteiger partial charge in [0.1, 0.15) is 23.9 Å². The third kappa shape index (κ3) is 8.82. The summed E-state index contributed by atoms with van der Waals surface area (Å²) in [5.74, 6) is -6.16. The topological polar surface area (TPSA) is 228 Å². The molecule has 12 atom stereocenters. The molecule has 7 rings (SSSR count). The van der Waals surface area contributed by atoms with Crippen LogP contribution in [0.25, 0.3) is 0 Å². The molecular formula is C49H65N3O14S. The SMILES string of the molecule is CCCN1CCN(C(=O)O[C@H]2C(=O)[C@@]3(C)C([C@H](OC(=O)c4ccccc4)[C@]4(O)C[C@H](OC(=O)[C@H](O)[C@H](NC(=O)c5cccs5)C(C)CC)C(C)=C2C4(C)C)[C@]2(OC(C)=O)CO[C@@H]2C[C@@H]3O)CC1. The highest BCUT2D eigenvalue weighted by Crippen LogP contribution is 2.64. The molecule has 5 aliphatic rings.